The summed E-state index contributed by atoms with van der Waals surface area (Å²) in [5.74, 6) is 0. The smallest absolute Gasteiger partial charge is 0.166 e. The summed E-state index contributed by atoms with van der Waals surface area (Å²) < 4.78 is 74.3. The second-order valence-corrected chi connectivity index (χ2v) is 3.57. The second kappa shape index (κ2) is 3.84. The van der Waals surface area contributed by atoms with Crippen molar-refractivity contribution in [2.45, 2.75) is 19.3 Å². The van der Waals surface area contributed by atoms with Crippen LogP contribution in [0.5, 0.6) is 0 Å². The molecule has 0 amide bonds. The quantitative estimate of drug-likeness (QED) is 0.595. The zero-order valence-corrected chi connectivity index (χ0v) is 8.56. The zero-order chi connectivity index (χ0) is 12.7. The summed E-state index contributed by atoms with van der Waals surface area (Å²) in [5.41, 5.74) is -3.58. The van der Waals surface area contributed by atoms with Crippen LogP contribution in [0.15, 0.2) is 12.1 Å². The Morgan fingerprint density at radius 1 is 0.938 bits per heavy atom. The lowest BCUT2D eigenvalue weighted by Crippen LogP contribution is -2.17. The van der Waals surface area contributed by atoms with Gasteiger partial charge in [-0.25, -0.2) is 0 Å². The molecule has 0 nitrogen and oxygen atoms in total. The molecule has 0 fully saturated rings. The third-order valence-corrected chi connectivity index (χ3v) is 2.12. The van der Waals surface area contributed by atoms with Crippen LogP contribution in [0.4, 0.5) is 26.3 Å². The van der Waals surface area contributed by atoms with Gasteiger partial charge in [0.15, 0.2) is 0 Å². The molecule has 0 heterocycles. The summed E-state index contributed by atoms with van der Waals surface area (Å²) in [6.45, 7) is 1.24. The third kappa shape index (κ3) is 2.61. The minimum atomic E-state index is -5.13. The molecule has 0 radical (unpaired) electrons. The number of aryl methyl sites for hydroxylation is 1. The molecular formula is C9H5ClF6. The van der Waals surface area contributed by atoms with Crippen molar-refractivity contribution in [1.82, 2.24) is 0 Å². The zero-order valence-electron chi connectivity index (χ0n) is 7.80. The molecule has 90 valence electrons. The van der Waals surface area contributed by atoms with E-state index in [1.165, 1.54) is 6.92 Å². The number of benzene rings is 1. The van der Waals surface area contributed by atoms with Gasteiger partial charge >= 0.3 is 12.4 Å². The molecule has 1 aromatic carbocycles. The van der Waals surface area contributed by atoms with Crippen LogP contribution in [0.25, 0.3) is 0 Å². The van der Waals surface area contributed by atoms with Gasteiger partial charge < -0.3 is 0 Å². The van der Waals surface area contributed by atoms with E-state index in [4.69, 9.17) is 11.6 Å². The predicted octanol–water partition coefficient (Wildman–Crippen LogP) is 4.69. The highest BCUT2D eigenvalue weighted by molar-refractivity contribution is 6.31. The maximum absolute atomic E-state index is 12.4. The van der Waals surface area contributed by atoms with Gasteiger partial charge in [-0.1, -0.05) is 11.6 Å². The highest BCUT2D eigenvalue weighted by Crippen LogP contribution is 2.44. The van der Waals surface area contributed by atoms with Gasteiger partial charge in [-0.3, -0.25) is 0 Å². The van der Waals surface area contributed by atoms with E-state index in [9.17, 15) is 26.3 Å². The van der Waals surface area contributed by atoms with Crippen LogP contribution in [-0.2, 0) is 12.4 Å². The van der Waals surface area contributed by atoms with Crippen LogP contribution >= 0.6 is 11.6 Å². The Morgan fingerprint density at radius 3 is 1.81 bits per heavy atom. The van der Waals surface area contributed by atoms with Crippen LogP contribution < -0.4 is 0 Å². The highest BCUT2D eigenvalue weighted by Gasteiger charge is 2.44. The SMILES string of the molecule is Cc1cc(Cl)c(C(F)(F)F)c(C(F)(F)F)c1. The Bertz CT molecular complexity index is 404. The molecule has 0 saturated heterocycles. The van der Waals surface area contributed by atoms with Gasteiger partial charge in [-0.2, -0.15) is 26.3 Å². The van der Waals surface area contributed by atoms with Gasteiger partial charge in [-0.15, -0.1) is 0 Å². The molecule has 16 heavy (non-hydrogen) atoms. The van der Waals surface area contributed by atoms with Crippen LogP contribution in [0.3, 0.4) is 0 Å². The molecule has 0 atom stereocenters. The Kier molecular flexibility index (Phi) is 3.15. The monoisotopic (exact) mass is 262 g/mol. The van der Waals surface area contributed by atoms with E-state index in [1.807, 2.05) is 0 Å². The van der Waals surface area contributed by atoms with Crippen LogP contribution in [0, 0.1) is 6.92 Å². The van der Waals surface area contributed by atoms with E-state index in [-0.39, 0.29) is 5.56 Å². The molecule has 0 aliphatic rings. The molecule has 0 spiro atoms. The molecule has 0 saturated carbocycles. The second-order valence-electron chi connectivity index (χ2n) is 3.16. The standard InChI is InChI=1S/C9H5ClF6/c1-4-2-5(8(11,12)13)7(6(10)3-4)9(14,15)16/h2-3H,1H3. The van der Waals surface area contributed by atoms with Crippen LogP contribution in [0.1, 0.15) is 16.7 Å². The van der Waals surface area contributed by atoms with Gasteiger partial charge in [0.05, 0.1) is 16.1 Å². The van der Waals surface area contributed by atoms with E-state index in [2.05, 4.69) is 0 Å². The van der Waals surface area contributed by atoms with Crippen LogP contribution in [0.2, 0.25) is 5.02 Å². The summed E-state index contributed by atoms with van der Waals surface area (Å²) in [5, 5.41) is -0.945. The maximum Gasteiger partial charge on any atom is 0.418 e. The van der Waals surface area contributed by atoms with Gasteiger partial charge in [0, 0.05) is 0 Å². The van der Waals surface area contributed by atoms with Gasteiger partial charge in [0.1, 0.15) is 0 Å². The average Bonchev–Trinajstić information content (AvgIpc) is 1.97. The minimum Gasteiger partial charge on any atom is -0.166 e. The topological polar surface area (TPSA) is 0 Å². The molecule has 7 heteroatoms. The molecule has 1 aromatic rings. The fourth-order valence-corrected chi connectivity index (χ4v) is 1.63. The maximum atomic E-state index is 12.4. The highest BCUT2D eigenvalue weighted by atomic mass is 35.5. The normalized spacial score (nSPS) is 13.0. The van der Waals surface area contributed by atoms with Gasteiger partial charge in [-0.05, 0) is 24.6 Å². The first-order valence-electron chi connectivity index (χ1n) is 3.98. The lowest BCUT2D eigenvalue weighted by Gasteiger charge is -2.17. The van der Waals surface area contributed by atoms with E-state index in [0.717, 1.165) is 6.07 Å². The molecule has 0 bridgehead atoms. The van der Waals surface area contributed by atoms with E-state index >= 15 is 0 Å². The first kappa shape index (κ1) is 13.2. The Labute approximate surface area is 91.8 Å². The number of halogens is 7. The van der Waals surface area contributed by atoms with Gasteiger partial charge in [0.25, 0.3) is 0 Å². The van der Waals surface area contributed by atoms with E-state index in [1.54, 1.807) is 0 Å². The Morgan fingerprint density at radius 2 is 1.44 bits per heavy atom. The van der Waals surface area contributed by atoms with Crippen molar-refractivity contribution in [3.8, 4) is 0 Å². The van der Waals surface area contributed by atoms with Crippen molar-refractivity contribution in [2.75, 3.05) is 0 Å². The number of hydrogen-bond acceptors (Lipinski definition) is 0. The number of alkyl halides is 6. The summed E-state index contributed by atoms with van der Waals surface area (Å²) in [7, 11) is 0. The minimum absolute atomic E-state index is 0.0188. The third-order valence-electron chi connectivity index (χ3n) is 1.82. The van der Waals surface area contributed by atoms with Crippen molar-refractivity contribution < 1.29 is 26.3 Å². The van der Waals surface area contributed by atoms with Crippen molar-refractivity contribution in [1.29, 1.82) is 0 Å². The lowest BCUT2D eigenvalue weighted by molar-refractivity contribution is -0.162. The fourth-order valence-electron chi connectivity index (χ4n) is 1.25. The molecule has 0 aliphatic carbocycles. The van der Waals surface area contributed by atoms with Crippen LogP contribution in [-0.4, -0.2) is 0 Å². The van der Waals surface area contributed by atoms with Crippen molar-refractivity contribution in [3.05, 3.63) is 33.8 Å². The first-order chi connectivity index (χ1) is 7.03. The summed E-state index contributed by atoms with van der Waals surface area (Å²) >= 11 is 5.21. The Hall–Kier alpha value is -0.910. The van der Waals surface area contributed by atoms with Gasteiger partial charge in [0.2, 0.25) is 0 Å². The predicted molar refractivity (Wildman–Crippen MR) is 46.2 cm³/mol. The summed E-state index contributed by atoms with van der Waals surface area (Å²) in [6, 6.07) is 1.27. The molecule has 0 aliphatic heterocycles. The summed E-state index contributed by atoms with van der Waals surface area (Å²) in [6.07, 6.45) is -10.2. The molecule has 0 aromatic heterocycles. The molecule has 0 N–H and O–H groups in total. The molecular weight excluding hydrogens is 258 g/mol. The lowest BCUT2D eigenvalue weighted by atomic mass is 10.0. The van der Waals surface area contributed by atoms with Crippen molar-refractivity contribution in [2.24, 2.45) is 0 Å². The van der Waals surface area contributed by atoms with Crippen molar-refractivity contribution in [3.63, 3.8) is 0 Å². The number of hydrogen-bond donors (Lipinski definition) is 0. The number of rotatable bonds is 0. The molecule has 1 rings (SSSR count). The van der Waals surface area contributed by atoms with Crippen molar-refractivity contribution >= 4 is 11.6 Å². The Balaban J connectivity index is 3.58. The molecule has 0 unspecified atom stereocenters. The largest absolute Gasteiger partial charge is 0.418 e. The average molecular weight is 263 g/mol. The fraction of sp³-hybridized carbons (Fsp3) is 0.333. The summed E-state index contributed by atoms with van der Waals surface area (Å²) in [4.78, 5) is 0. The van der Waals surface area contributed by atoms with E-state index < -0.39 is 28.5 Å². The van der Waals surface area contributed by atoms with E-state index in [0.29, 0.717) is 6.07 Å². The first-order valence-corrected chi connectivity index (χ1v) is 4.36.